The van der Waals surface area contributed by atoms with Crippen molar-refractivity contribution in [2.75, 3.05) is 20.1 Å². The first-order valence-corrected chi connectivity index (χ1v) is 6.76. The molecule has 0 amide bonds. The summed E-state index contributed by atoms with van der Waals surface area (Å²) in [5.41, 5.74) is -0.717. The summed E-state index contributed by atoms with van der Waals surface area (Å²) in [5.74, 6) is -0.362. The van der Waals surface area contributed by atoms with Gasteiger partial charge in [-0.2, -0.15) is 0 Å². The topological polar surface area (TPSA) is 52.6 Å². The van der Waals surface area contributed by atoms with E-state index in [4.69, 9.17) is 0 Å². The van der Waals surface area contributed by atoms with E-state index in [1.54, 1.807) is 7.05 Å². The highest BCUT2D eigenvalue weighted by molar-refractivity contribution is 5.80. The molecule has 2 rings (SSSR count). The molecule has 0 spiro atoms. The van der Waals surface area contributed by atoms with Crippen LogP contribution in [0.3, 0.4) is 0 Å². The van der Waals surface area contributed by atoms with Crippen LogP contribution in [0.15, 0.2) is 0 Å². The number of likely N-dealkylation sites (N-methyl/N-ethyl adjacent to an activating group) is 1. The van der Waals surface area contributed by atoms with Gasteiger partial charge in [-0.15, -0.1) is 0 Å². The quantitative estimate of drug-likeness (QED) is 0.761. The lowest BCUT2D eigenvalue weighted by atomic mass is 9.90. The lowest BCUT2D eigenvalue weighted by Crippen LogP contribution is -2.61. The monoisotopic (exact) mass is 240 g/mol. The minimum Gasteiger partial charge on any atom is -0.480 e. The van der Waals surface area contributed by atoms with Crippen LogP contribution in [0.1, 0.15) is 39.0 Å². The zero-order chi connectivity index (χ0) is 12.5. The van der Waals surface area contributed by atoms with E-state index in [1.807, 2.05) is 0 Å². The molecule has 1 saturated heterocycles. The third-order valence-electron chi connectivity index (χ3n) is 4.50. The molecule has 2 atom stereocenters. The minimum atomic E-state index is -0.717. The van der Waals surface area contributed by atoms with Crippen molar-refractivity contribution in [3.05, 3.63) is 0 Å². The Labute approximate surface area is 103 Å². The summed E-state index contributed by atoms with van der Waals surface area (Å²) in [4.78, 5) is 14.0. The van der Waals surface area contributed by atoms with Crippen LogP contribution in [0.2, 0.25) is 0 Å². The van der Waals surface area contributed by atoms with Crippen molar-refractivity contribution in [1.29, 1.82) is 0 Å². The van der Waals surface area contributed by atoms with Crippen molar-refractivity contribution in [2.24, 2.45) is 5.92 Å². The molecule has 0 aromatic rings. The molecule has 0 bridgehead atoms. The average Bonchev–Trinajstić information content (AvgIpc) is 3.12. The van der Waals surface area contributed by atoms with Gasteiger partial charge in [0.05, 0.1) is 0 Å². The van der Waals surface area contributed by atoms with E-state index >= 15 is 0 Å². The second-order valence-corrected chi connectivity index (χ2v) is 5.62. The van der Waals surface area contributed by atoms with Crippen LogP contribution in [0, 0.1) is 5.92 Å². The highest BCUT2D eigenvalue weighted by Gasteiger charge is 2.51. The van der Waals surface area contributed by atoms with Gasteiger partial charge in [0, 0.05) is 12.6 Å². The van der Waals surface area contributed by atoms with Gasteiger partial charge < -0.3 is 10.4 Å². The molecule has 0 radical (unpaired) electrons. The molecule has 0 aromatic heterocycles. The summed E-state index contributed by atoms with van der Waals surface area (Å²) >= 11 is 0. The molecule has 2 aliphatic rings. The molecule has 4 heteroatoms. The molecule has 4 nitrogen and oxygen atoms in total. The number of nitrogens with one attached hydrogen (secondary N) is 1. The fraction of sp³-hybridized carbons (Fsp3) is 0.923. The van der Waals surface area contributed by atoms with Crippen LogP contribution in [0.25, 0.3) is 0 Å². The first-order chi connectivity index (χ1) is 8.10. The predicted molar refractivity (Wildman–Crippen MR) is 67.0 cm³/mol. The van der Waals surface area contributed by atoms with E-state index in [1.165, 1.54) is 19.3 Å². The number of carboxylic acids is 1. The number of nitrogens with zero attached hydrogens (tertiary/aromatic N) is 1. The van der Waals surface area contributed by atoms with Crippen LogP contribution in [-0.4, -0.2) is 47.7 Å². The van der Waals surface area contributed by atoms with Gasteiger partial charge in [0.15, 0.2) is 0 Å². The Bertz CT molecular complexity index is 291. The summed E-state index contributed by atoms with van der Waals surface area (Å²) in [6, 6.07) is 0.523. The van der Waals surface area contributed by atoms with Gasteiger partial charge in [0.25, 0.3) is 0 Å². The van der Waals surface area contributed by atoms with Gasteiger partial charge in [-0.25, -0.2) is 0 Å². The Balaban J connectivity index is 2.08. The Kier molecular flexibility index (Phi) is 3.73. The molecule has 1 heterocycles. The summed E-state index contributed by atoms with van der Waals surface area (Å²) < 4.78 is 0. The molecule has 98 valence electrons. The number of hydrogen-bond acceptors (Lipinski definition) is 3. The molecule has 1 aliphatic heterocycles. The summed E-state index contributed by atoms with van der Waals surface area (Å²) in [6.07, 6.45) is 5.78. The highest BCUT2D eigenvalue weighted by Crippen LogP contribution is 2.41. The maximum Gasteiger partial charge on any atom is 0.325 e. The Morgan fingerprint density at radius 1 is 1.41 bits per heavy atom. The number of likely N-dealkylation sites (tertiary alicyclic amines) is 1. The zero-order valence-corrected chi connectivity index (χ0v) is 10.9. The van der Waals surface area contributed by atoms with Gasteiger partial charge in [-0.05, 0) is 52.1 Å². The number of carboxylic acid groups (broad SMARTS) is 1. The highest BCUT2D eigenvalue weighted by atomic mass is 16.4. The van der Waals surface area contributed by atoms with E-state index < -0.39 is 11.5 Å². The number of piperidine rings is 1. The van der Waals surface area contributed by atoms with E-state index in [2.05, 4.69) is 17.1 Å². The van der Waals surface area contributed by atoms with Crippen LogP contribution < -0.4 is 5.32 Å². The van der Waals surface area contributed by atoms with Gasteiger partial charge in [-0.1, -0.05) is 6.42 Å². The van der Waals surface area contributed by atoms with Gasteiger partial charge in [-0.3, -0.25) is 9.69 Å². The fourth-order valence-electron chi connectivity index (χ4n) is 3.05. The van der Waals surface area contributed by atoms with Crippen molar-refractivity contribution < 1.29 is 9.90 Å². The van der Waals surface area contributed by atoms with Crippen LogP contribution in [0.5, 0.6) is 0 Å². The van der Waals surface area contributed by atoms with Crippen molar-refractivity contribution in [1.82, 2.24) is 10.2 Å². The molecule has 0 aromatic carbocycles. The van der Waals surface area contributed by atoms with Crippen molar-refractivity contribution in [2.45, 2.75) is 50.6 Å². The van der Waals surface area contributed by atoms with Crippen LogP contribution in [-0.2, 0) is 4.79 Å². The maximum absolute atomic E-state index is 11.6. The second kappa shape index (κ2) is 4.94. The van der Waals surface area contributed by atoms with E-state index in [0.717, 1.165) is 19.4 Å². The number of aliphatic carboxylic acids is 1. The third kappa shape index (κ3) is 2.47. The lowest BCUT2D eigenvalue weighted by molar-refractivity contribution is -0.147. The molecule has 1 saturated carbocycles. The molecular weight excluding hydrogens is 216 g/mol. The Hall–Kier alpha value is -0.610. The molecule has 1 aliphatic carbocycles. The van der Waals surface area contributed by atoms with Crippen LogP contribution >= 0.6 is 0 Å². The van der Waals surface area contributed by atoms with Crippen molar-refractivity contribution >= 4 is 5.97 Å². The van der Waals surface area contributed by atoms with Gasteiger partial charge in [0.2, 0.25) is 0 Å². The largest absolute Gasteiger partial charge is 0.480 e. The molecule has 2 N–H and O–H groups in total. The average molecular weight is 240 g/mol. The first-order valence-electron chi connectivity index (χ1n) is 6.76. The van der Waals surface area contributed by atoms with E-state index in [9.17, 15) is 9.90 Å². The smallest absolute Gasteiger partial charge is 0.325 e. The van der Waals surface area contributed by atoms with Crippen molar-refractivity contribution in [3.8, 4) is 0 Å². The van der Waals surface area contributed by atoms with Gasteiger partial charge in [0.1, 0.15) is 5.54 Å². The number of carbonyl (C=O) groups is 1. The van der Waals surface area contributed by atoms with Crippen molar-refractivity contribution in [3.63, 3.8) is 0 Å². The second-order valence-electron chi connectivity index (χ2n) is 5.62. The molecule has 17 heavy (non-hydrogen) atoms. The Morgan fingerprint density at radius 3 is 2.59 bits per heavy atom. The molecule has 2 fully saturated rings. The summed E-state index contributed by atoms with van der Waals surface area (Å²) in [5, 5.41) is 12.7. The third-order valence-corrected chi connectivity index (χ3v) is 4.50. The fourth-order valence-corrected chi connectivity index (χ4v) is 3.05. The molecule has 2 unspecified atom stereocenters. The summed E-state index contributed by atoms with van der Waals surface area (Å²) in [6.45, 7) is 3.92. The standard InChI is InChI=1S/C13H24N2O2/c1-10-5-3-4-8-15(10)9-13(14-2,12(16)17)11-6-7-11/h10-11,14H,3-9H2,1-2H3,(H,16,17). The lowest BCUT2D eigenvalue weighted by Gasteiger charge is -2.40. The zero-order valence-electron chi connectivity index (χ0n) is 10.9. The normalized spacial score (nSPS) is 29.9. The minimum absolute atomic E-state index is 0.319. The predicted octanol–water partition coefficient (Wildman–Crippen LogP) is 1.31. The van der Waals surface area contributed by atoms with Gasteiger partial charge >= 0.3 is 5.97 Å². The maximum atomic E-state index is 11.6. The Morgan fingerprint density at radius 2 is 2.12 bits per heavy atom. The van der Waals surface area contributed by atoms with E-state index in [0.29, 0.717) is 18.5 Å². The van der Waals surface area contributed by atoms with E-state index in [-0.39, 0.29) is 0 Å². The number of hydrogen-bond donors (Lipinski definition) is 2. The molecular formula is C13H24N2O2. The SMILES string of the molecule is CNC(CN1CCCCC1C)(C(=O)O)C1CC1. The first kappa shape index (κ1) is 12.8. The summed E-state index contributed by atoms with van der Waals surface area (Å²) in [7, 11) is 1.79. The van der Waals surface area contributed by atoms with Crippen LogP contribution in [0.4, 0.5) is 0 Å². The number of rotatable bonds is 5.